The van der Waals surface area contributed by atoms with Gasteiger partial charge >= 0.3 is 0 Å². The molecule has 0 heterocycles. The number of methoxy groups -OCH3 is 1. The van der Waals surface area contributed by atoms with Gasteiger partial charge in [0, 0.05) is 19.6 Å². The van der Waals surface area contributed by atoms with Crippen LogP contribution < -0.4 is 10.5 Å². The Hall–Kier alpha value is -1.06. The first-order valence-electron chi connectivity index (χ1n) is 6.40. The largest absolute Gasteiger partial charge is 0.493 e. The Balaban J connectivity index is 2.58. The van der Waals surface area contributed by atoms with E-state index < -0.39 is 0 Å². The number of benzene rings is 1. The van der Waals surface area contributed by atoms with Crippen molar-refractivity contribution in [2.24, 2.45) is 5.73 Å². The first kappa shape index (κ1) is 15.0. The number of nitrogens with two attached hydrogens (primary N) is 1. The van der Waals surface area contributed by atoms with E-state index >= 15 is 0 Å². The number of hydrogen-bond acceptors (Lipinski definition) is 3. The summed E-state index contributed by atoms with van der Waals surface area (Å²) in [5.41, 5.74) is 7.97. The number of hydrogen-bond donors (Lipinski definition) is 1. The predicted octanol–water partition coefficient (Wildman–Crippen LogP) is 3.21. The minimum atomic E-state index is -0.139. The Labute approximate surface area is 110 Å². The van der Waals surface area contributed by atoms with Crippen LogP contribution in [0.5, 0.6) is 5.75 Å². The van der Waals surface area contributed by atoms with Crippen LogP contribution >= 0.6 is 0 Å². The van der Waals surface area contributed by atoms with Gasteiger partial charge in [-0.15, -0.1) is 0 Å². The van der Waals surface area contributed by atoms with E-state index in [9.17, 15) is 0 Å². The van der Waals surface area contributed by atoms with Crippen molar-refractivity contribution >= 4 is 0 Å². The summed E-state index contributed by atoms with van der Waals surface area (Å²) in [4.78, 5) is 0. The zero-order valence-corrected chi connectivity index (χ0v) is 12.1. The smallest absolute Gasteiger partial charge is 0.122 e. The third-order valence-corrected chi connectivity index (χ3v) is 3.24. The fourth-order valence-corrected chi connectivity index (χ4v) is 1.63. The van der Waals surface area contributed by atoms with E-state index in [-0.39, 0.29) is 11.6 Å². The Morgan fingerprint density at radius 3 is 2.50 bits per heavy atom. The molecule has 0 aliphatic rings. The van der Waals surface area contributed by atoms with Crippen LogP contribution in [0.15, 0.2) is 18.2 Å². The molecule has 0 aliphatic carbocycles. The first-order chi connectivity index (χ1) is 8.35. The summed E-state index contributed by atoms with van der Waals surface area (Å²) in [6, 6.07) is 6.16. The van der Waals surface area contributed by atoms with E-state index in [1.54, 1.807) is 7.11 Å². The van der Waals surface area contributed by atoms with Crippen molar-refractivity contribution in [2.45, 2.75) is 45.8 Å². The Bertz CT molecular complexity index is 386. The molecule has 1 atom stereocenters. The molecule has 3 heteroatoms. The molecule has 3 nitrogen and oxygen atoms in total. The summed E-state index contributed by atoms with van der Waals surface area (Å²) >= 11 is 0. The lowest BCUT2D eigenvalue weighted by atomic mass is 10.1. The summed E-state index contributed by atoms with van der Waals surface area (Å²) < 4.78 is 11.1. The van der Waals surface area contributed by atoms with Gasteiger partial charge in [-0.05, 0) is 44.9 Å². The quantitative estimate of drug-likeness (QED) is 0.844. The Morgan fingerprint density at radius 2 is 2.00 bits per heavy atom. The fraction of sp³-hybridized carbons (Fsp3) is 0.600. The van der Waals surface area contributed by atoms with Gasteiger partial charge in [-0.2, -0.15) is 0 Å². The van der Waals surface area contributed by atoms with Crippen molar-refractivity contribution in [3.8, 4) is 5.75 Å². The summed E-state index contributed by atoms with van der Waals surface area (Å²) in [5.74, 6) is 0.923. The van der Waals surface area contributed by atoms with Gasteiger partial charge in [-0.25, -0.2) is 0 Å². The molecule has 0 saturated heterocycles. The van der Waals surface area contributed by atoms with Gasteiger partial charge in [0.05, 0.1) is 12.2 Å². The van der Waals surface area contributed by atoms with E-state index in [0.29, 0.717) is 6.61 Å². The molecule has 0 radical (unpaired) electrons. The monoisotopic (exact) mass is 251 g/mol. The molecule has 1 aromatic carbocycles. The van der Waals surface area contributed by atoms with Gasteiger partial charge < -0.3 is 15.2 Å². The van der Waals surface area contributed by atoms with Crippen molar-refractivity contribution in [1.82, 2.24) is 0 Å². The topological polar surface area (TPSA) is 44.5 Å². The Morgan fingerprint density at radius 1 is 1.33 bits per heavy atom. The van der Waals surface area contributed by atoms with Crippen molar-refractivity contribution in [3.05, 3.63) is 29.3 Å². The van der Waals surface area contributed by atoms with Crippen molar-refractivity contribution in [2.75, 3.05) is 13.7 Å². The van der Waals surface area contributed by atoms with Gasteiger partial charge in [0.25, 0.3) is 0 Å². The molecule has 0 amide bonds. The summed E-state index contributed by atoms with van der Waals surface area (Å²) in [6.45, 7) is 8.79. The van der Waals surface area contributed by atoms with E-state index in [0.717, 1.165) is 23.3 Å². The standard InChI is InChI=1S/C15H25NO2/c1-11-10-13(12(2)16)6-7-14(11)18-9-8-15(3,4)17-5/h6-7,10,12H,8-9,16H2,1-5H3/t12-/m1/s1. The van der Waals surface area contributed by atoms with Crippen molar-refractivity contribution in [1.29, 1.82) is 0 Å². The SMILES string of the molecule is COC(C)(C)CCOc1ccc([C@@H](C)N)cc1C. The van der Waals surface area contributed by atoms with E-state index in [2.05, 4.69) is 19.9 Å². The normalized spacial score (nSPS) is 13.4. The fourth-order valence-electron chi connectivity index (χ4n) is 1.63. The predicted molar refractivity (Wildman–Crippen MR) is 75.0 cm³/mol. The summed E-state index contributed by atoms with van der Waals surface area (Å²) in [7, 11) is 1.72. The molecule has 0 aliphatic heterocycles. The van der Waals surface area contributed by atoms with Gasteiger partial charge in [0.1, 0.15) is 5.75 Å². The van der Waals surface area contributed by atoms with Crippen LogP contribution in [0.4, 0.5) is 0 Å². The maximum atomic E-state index is 5.85. The van der Waals surface area contributed by atoms with Crippen molar-refractivity contribution in [3.63, 3.8) is 0 Å². The molecule has 1 aromatic rings. The average Bonchev–Trinajstić information content (AvgIpc) is 2.31. The van der Waals surface area contributed by atoms with Gasteiger partial charge in [-0.3, -0.25) is 0 Å². The first-order valence-corrected chi connectivity index (χ1v) is 6.40. The highest BCUT2D eigenvalue weighted by Crippen LogP contribution is 2.23. The maximum Gasteiger partial charge on any atom is 0.122 e. The third-order valence-electron chi connectivity index (χ3n) is 3.24. The van der Waals surface area contributed by atoms with Crippen LogP contribution in [0.25, 0.3) is 0 Å². The number of aryl methyl sites for hydroxylation is 1. The second-order valence-electron chi connectivity index (χ2n) is 5.38. The van der Waals surface area contributed by atoms with Crippen LogP contribution in [-0.4, -0.2) is 19.3 Å². The molecule has 1 rings (SSSR count). The van der Waals surface area contributed by atoms with Crippen LogP contribution in [-0.2, 0) is 4.74 Å². The van der Waals surface area contributed by atoms with E-state index in [1.807, 2.05) is 26.0 Å². The average molecular weight is 251 g/mol. The molecule has 102 valence electrons. The highest BCUT2D eigenvalue weighted by molar-refractivity contribution is 5.37. The van der Waals surface area contributed by atoms with Crippen LogP contribution in [0, 0.1) is 6.92 Å². The molecular weight excluding hydrogens is 226 g/mol. The second-order valence-corrected chi connectivity index (χ2v) is 5.38. The zero-order valence-electron chi connectivity index (χ0n) is 12.1. The zero-order chi connectivity index (χ0) is 13.8. The number of rotatable bonds is 6. The summed E-state index contributed by atoms with van der Waals surface area (Å²) in [5, 5.41) is 0. The van der Waals surface area contributed by atoms with Crippen LogP contribution in [0.1, 0.15) is 44.4 Å². The van der Waals surface area contributed by atoms with Crippen LogP contribution in [0.3, 0.4) is 0 Å². The van der Waals surface area contributed by atoms with Crippen LogP contribution in [0.2, 0.25) is 0 Å². The minimum absolute atomic E-state index is 0.0603. The molecule has 18 heavy (non-hydrogen) atoms. The summed E-state index contributed by atoms with van der Waals surface area (Å²) in [6.07, 6.45) is 0.859. The van der Waals surface area contributed by atoms with Gasteiger partial charge in [0.15, 0.2) is 0 Å². The Kier molecular flexibility index (Phi) is 5.17. The third kappa shape index (κ3) is 4.31. The highest BCUT2D eigenvalue weighted by Gasteiger charge is 2.16. The molecular formula is C15H25NO2. The maximum absolute atomic E-state index is 5.85. The molecule has 0 saturated carbocycles. The molecule has 2 N–H and O–H groups in total. The second kappa shape index (κ2) is 6.21. The lowest BCUT2D eigenvalue weighted by Crippen LogP contribution is -2.25. The van der Waals surface area contributed by atoms with Gasteiger partial charge in [-0.1, -0.05) is 12.1 Å². The molecule has 0 unspecified atom stereocenters. The number of ether oxygens (including phenoxy) is 2. The molecule has 0 fully saturated rings. The molecule has 0 bridgehead atoms. The lowest BCUT2D eigenvalue weighted by Gasteiger charge is -2.23. The van der Waals surface area contributed by atoms with E-state index in [4.69, 9.17) is 15.2 Å². The minimum Gasteiger partial charge on any atom is -0.493 e. The lowest BCUT2D eigenvalue weighted by molar-refractivity contribution is 0.00539. The van der Waals surface area contributed by atoms with E-state index in [1.165, 1.54) is 0 Å². The van der Waals surface area contributed by atoms with Crippen molar-refractivity contribution < 1.29 is 9.47 Å². The van der Waals surface area contributed by atoms with Gasteiger partial charge in [0.2, 0.25) is 0 Å². The molecule has 0 aromatic heterocycles. The molecule has 0 spiro atoms. The highest BCUT2D eigenvalue weighted by atomic mass is 16.5.